The van der Waals surface area contributed by atoms with Gasteiger partial charge in [0.1, 0.15) is 23.2 Å². The van der Waals surface area contributed by atoms with Crippen LogP contribution in [0.3, 0.4) is 0 Å². The third kappa shape index (κ3) is 2.10. The lowest BCUT2D eigenvalue weighted by molar-refractivity contribution is 0.429. The second-order valence-corrected chi connectivity index (χ2v) is 5.06. The first-order valence-corrected chi connectivity index (χ1v) is 6.92. The van der Waals surface area contributed by atoms with E-state index in [-0.39, 0.29) is 17.7 Å². The van der Waals surface area contributed by atoms with Gasteiger partial charge in [0.2, 0.25) is 0 Å². The molecule has 0 saturated heterocycles. The van der Waals surface area contributed by atoms with E-state index < -0.39 is 0 Å². The molecule has 0 fully saturated rings. The van der Waals surface area contributed by atoms with Gasteiger partial charge < -0.3 is 8.98 Å². The van der Waals surface area contributed by atoms with Crippen LogP contribution in [0.25, 0.3) is 11.0 Å². The minimum absolute atomic E-state index is 0.0482. The monoisotopic (exact) mass is 292 g/mol. The summed E-state index contributed by atoms with van der Waals surface area (Å²) in [7, 11) is 0. The topological polar surface area (TPSA) is 31.0 Å². The number of imidazole rings is 1. The summed E-state index contributed by atoms with van der Waals surface area (Å²) in [6, 6.07) is 8.38. The summed E-state index contributed by atoms with van der Waals surface area (Å²) in [5.74, 6) is 2.35. The molecule has 0 radical (unpaired) electrons. The van der Waals surface area contributed by atoms with Crippen molar-refractivity contribution >= 4 is 22.6 Å². The van der Waals surface area contributed by atoms with E-state index in [1.807, 2.05) is 30.5 Å². The molecular formula is C15H14ClFN2O. The highest BCUT2D eigenvalue weighted by molar-refractivity contribution is 6.16. The van der Waals surface area contributed by atoms with Crippen LogP contribution < -0.4 is 0 Å². The van der Waals surface area contributed by atoms with Gasteiger partial charge >= 0.3 is 0 Å². The number of benzene rings is 1. The average Bonchev–Trinajstić information content (AvgIpc) is 3.00. The van der Waals surface area contributed by atoms with Gasteiger partial charge in [0.25, 0.3) is 0 Å². The fourth-order valence-electron chi connectivity index (χ4n) is 2.45. The highest BCUT2D eigenvalue weighted by Gasteiger charge is 2.19. The number of aryl methyl sites for hydroxylation is 1. The zero-order valence-corrected chi connectivity index (χ0v) is 12.0. The first kappa shape index (κ1) is 13.2. The van der Waals surface area contributed by atoms with Gasteiger partial charge in [-0.05, 0) is 38.1 Å². The number of aromatic nitrogens is 2. The molecular weight excluding hydrogens is 279 g/mol. The van der Waals surface area contributed by atoms with Crippen molar-refractivity contribution in [3.63, 3.8) is 0 Å². The molecule has 1 atom stereocenters. The standard InChI is InChI=1S/C15H14ClFN2O/c1-9-3-6-14(20-9)10(2)19-13-5-4-11(17)7-12(13)18-15(19)8-16/h3-7,10H,8H2,1-2H3. The molecule has 1 aromatic carbocycles. The summed E-state index contributed by atoms with van der Waals surface area (Å²) < 4.78 is 21.0. The largest absolute Gasteiger partial charge is 0.464 e. The van der Waals surface area contributed by atoms with Crippen LogP contribution in [-0.4, -0.2) is 9.55 Å². The molecule has 3 aromatic rings. The van der Waals surface area contributed by atoms with Crippen LogP contribution in [-0.2, 0) is 5.88 Å². The highest BCUT2D eigenvalue weighted by atomic mass is 35.5. The number of furan rings is 1. The number of nitrogens with zero attached hydrogens (tertiary/aromatic N) is 2. The molecule has 0 spiro atoms. The van der Waals surface area contributed by atoms with E-state index in [1.165, 1.54) is 12.1 Å². The average molecular weight is 293 g/mol. The van der Waals surface area contributed by atoms with E-state index in [4.69, 9.17) is 16.0 Å². The second kappa shape index (κ2) is 4.94. The van der Waals surface area contributed by atoms with E-state index in [9.17, 15) is 4.39 Å². The van der Waals surface area contributed by atoms with Gasteiger partial charge in [-0.2, -0.15) is 0 Å². The van der Waals surface area contributed by atoms with Crippen molar-refractivity contribution in [1.82, 2.24) is 9.55 Å². The molecule has 2 aromatic heterocycles. The first-order valence-electron chi connectivity index (χ1n) is 6.39. The summed E-state index contributed by atoms with van der Waals surface area (Å²) in [4.78, 5) is 4.39. The van der Waals surface area contributed by atoms with Crippen molar-refractivity contribution in [3.8, 4) is 0 Å². The number of hydrogen-bond acceptors (Lipinski definition) is 2. The molecule has 2 heterocycles. The third-order valence-electron chi connectivity index (χ3n) is 3.40. The molecule has 5 heteroatoms. The van der Waals surface area contributed by atoms with Crippen LogP contribution >= 0.6 is 11.6 Å². The molecule has 0 saturated carbocycles. The molecule has 3 rings (SSSR count). The summed E-state index contributed by atoms with van der Waals surface area (Å²) >= 11 is 5.97. The van der Waals surface area contributed by atoms with E-state index in [0.29, 0.717) is 11.3 Å². The number of halogens is 2. The van der Waals surface area contributed by atoms with E-state index in [0.717, 1.165) is 17.0 Å². The normalized spacial score (nSPS) is 13.0. The quantitative estimate of drug-likeness (QED) is 0.669. The van der Waals surface area contributed by atoms with Crippen LogP contribution in [0, 0.1) is 12.7 Å². The second-order valence-electron chi connectivity index (χ2n) is 4.79. The molecule has 0 bridgehead atoms. The molecule has 1 unspecified atom stereocenters. The Labute approximate surface area is 121 Å². The van der Waals surface area contributed by atoms with Crippen LogP contribution in [0.15, 0.2) is 34.7 Å². The molecule has 0 aliphatic rings. The van der Waals surface area contributed by atoms with Crippen molar-refractivity contribution in [2.45, 2.75) is 25.8 Å². The van der Waals surface area contributed by atoms with Gasteiger partial charge in [-0.15, -0.1) is 11.6 Å². The molecule has 0 N–H and O–H groups in total. The Morgan fingerprint density at radius 1 is 1.35 bits per heavy atom. The van der Waals surface area contributed by atoms with Gasteiger partial charge in [0.15, 0.2) is 0 Å². The molecule has 104 valence electrons. The predicted molar refractivity (Wildman–Crippen MR) is 76.5 cm³/mol. The highest BCUT2D eigenvalue weighted by Crippen LogP contribution is 2.28. The van der Waals surface area contributed by atoms with E-state index in [2.05, 4.69) is 4.98 Å². The van der Waals surface area contributed by atoms with Crippen LogP contribution in [0.1, 0.15) is 30.3 Å². The lowest BCUT2D eigenvalue weighted by Crippen LogP contribution is -2.09. The number of fused-ring (bicyclic) bond motifs is 1. The molecule has 0 amide bonds. The summed E-state index contributed by atoms with van der Waals surface area (Å²) in [6.07, 6.45) is 0. The van der Waals surface area contributed by atoms with Crippen molar-refractivity contribution in [2.24, 2.45) is 0 Å². The molecule has 0 aliphatic carbocycles. The Morgan fingerprint density at radius 3 is 2.80 bits per heavy atom. The summed E-state index contributed by atoms with van der Waals surface area (Å²) in [5.41, 5.74) is 1.46. The van der Waals surface area contributed by atoms with Crippen LogP contribution in [0.4, 0.5) is 4.39 Å². The van der Waals surface area contributed by atoms with Crippen LogP contribution in [0.2, 0.25) is 0 Å². The van der Waals surface area contributed by atoms with Crippen molar-refractivity contribution < 1.29 is 8.81 Å². The fourth-order valence-corrected chi connectivity index (χ4v) is 2.64. The summed E-state index contributed by atoms with van der Waals surface area (Å²) in [5, 5.41) is 0. The van der Waals surface area contributed by atoms with E-state index >= 15 is 0 Å². The van der Waals surface area contributed by atoms with E-state index in [1.54, 1.807) is 6.07 Å². The maximum atomic E-state index is 13.3. The number of hydrogen-bond donors (Lipinski definition) is 0. The minimum atomic E-state index is -0.301. The lowest BCUT2D eigenvalue weighted by atomic mass is 10.2. The Kier molecular flexibility index (Phi) is 3.26. The Hall–Kier alpha value is -1.81. The van der Waals surface area contributed by atoms with Crippen LogP contribution in [0.5, 0.6) is 0 Å². The maximum absolute atomic E-state index is 13.3. The fraction of sp³-hybridized carbons (Fsp3) is 0.267. The molecule has 3 nitrogen and oxygen atoms in total. The molecule has 0 aliphatic heterocycles. The zero-order valence-electron chi connectivity index (χ0n) is 11.2. The van der Waals surface area contributed by atoms with Gasteiger partial charge in [-0.1, -0.05) is 0 Å². The van der Waals surface area contributed by atoms with Gasteiger partial charge in [0.05, 0.1) is 23.0 Å². The maximum Gasteiger partial charge on any atom is 0.126 e. The smallest absolute Gasteiger partial charge is 0.126 e. The summed E-state index contributed by atoms with van der Waals surface area (Å²) in [6.45, 7) is 3.92. The third-order valence-corrected chi connectivity index (χ3v) is 3.64. The first-order chi connectivity index (χ1) is 9.60. The Morgan fingerprint density at radius 2 is 2.15 bits per heavy atom. The number of rotatable bonds is 3. The van der Waals surface area contributed by atoms with Gasteiger partial charge in [-0.3, -0.25) is 0 Å². The van der Waals surface area contributed by atoms with Gasteiger partial charge in [-0.25, -0.2) is 9.37 Å². The van der Waals surface area contributed by atoms with Gasteiger partial charge in [0, 0.05) is 6.07 Å². The SMILES string of the molecule is Cc1ccc(C(C)n2c(CCl)nc3cc(F)ccc32)o1. The Balaban J connectivity index is 2.18. The minimum Gasteiger partial charge on any atom is -0.464 e. The van der Waals surface area contributed by atoms with Crippen molar-refractivity contribution in [2.75, 3.05) is 0 Å². The zero-order chi connectivity index (χ0) is 14.3. The van der Waals surface area contributed by atoms with Crippen molar-refractivity contribution in [3.05, 3.63) is 53.5 Å². The predicted octanol–water partition coefficient (Wildman–Crippen LogP) is 4.42. The van der Waals surface area contributed by atoms with Crippen molar-refractivity contribution in [1.29, 1.82) is 0 Å². The number of alkyl halides is 1. The lowest BCUT2D eigenvalue weighted by Gasteiger charge is -2.14. The molecule has 20 heavy (non-hydrogen) atoms. The Bertz CT molecular complexity index is 762.